The summed E-state index contributed by atoms with van der Waals surface area (Å²) in [6, 6.07) is 7.47. The van der Waals surface area contributed by atoms with Crippen LogP contribution in [0.3, 0.4) is 0 Å². The van der Waals surface area contributed by atoms with Crippen LogP contribution in [0.15, 0.2) is 24.3 Å². The lowest BCUT2D eigenvalue weighted by molar-refractivity contribution is 0.108. The van der Waals surface area contributed by atoms with Gasteiger partial charge in [0.15, 0.2) is 0 Å². The van der Waals surface area contributed by atoms with Gasteiger partial charge >= 0.3 is 0 Å². The Bertz CT molecular complexity index is 319. The maximum absolute atomic E-state index is 10.8. The molecule has 0 amide bonds. The van der Waals surface area contributed by atoms with Crippen molar-refractivity contribution in [3.8, 4) is 0 Å². The zero-order valence-electron chi connectivity index (χ0n) is 8.80. The molecule has 1 rings (SSSR count). The zero-order chi connectivity index (χ0) is 10.8. The van der Waals surface area contributed by atoms with Crippen molar-refractivity contribution in [1.29, 1.82) is 0 Å². The molecule has 2 heteroatoms. The van der Waals surface area contributed by atoms with Crippen LogP contribution in [-0.4, -0.2) is 5.24 Å². The second kappa shape index (κ2) is 4.14. The van der Waals surface area contributed by atoms with Crippen molar-refractivity contribution in [2.45, 2.75) is 27.2 Å². The Kier molecular flexibility index (Phi) is 3.33. The van der Waals surface area contributed by atoms with Crippen LogP contribution in [0.1, 0.15) is 36.7 Å². The fourth-order valence-corrected chi connectivity index (χ4v) is 1.49. The minimum atomic E-state index is -0.396. The lowest BCUT2D eigenvalue weighted by Crippen LogP contribution is -2.09. The number of carbonyl (C=O) groups excluding carboxylic acids is 1. The van der Waals surface area contributed by atoms with Crippen LogP contribution in [0.2, 0.25) is 0 Å². The van der Waals surface area contributed by atoms with Crippen molar-refractivity contribution in [2.24, 2.45) is 5.41 Å². The van der Waals surface area contributed by atoms with E-state index in [1.54, 1.807) is 12.1 Å². The maximum Gasteiger partial charge on any atom is 0.252 e. The molecule has 0 heterocycles. The molecule has 0 bridgehead atoms. The van der Waals surface area contributed by atoms with E-state index in [1.807, 2.05) is 12.1 Å². The van der Waals surface area contributed by atoms with Crippen LogP contribution in [-0.2, 0) is 6.42 Å². The van der Waals surface area contributed by atoms with E-state index in [1.165, 1.54) is 5.56 Å². The van der Waals surface area contributed by atoms with E-state index >= 15 is 0 Å². The molecule has 0 aliphatic heterocycles. The normalized spacial score (nSPS) is 11.4. The van der Waals surface area contributed by atoms with Gasteiger partial charge in [-0.3, -0.25) is 4.79 Å². The lowest BCUT2D eigenvalue weighted by Gasteiger charge is -2.17. The minimum absolute atomic E-state index is 0.270. The van der Waals surface area contributed by atoms with Crippen molar-refractivity contribution in [2.75, 3.05) is 0 Å². The number of rotatable bonds is 2. The largest absolute Gasteiger partial charge is 0.276 e. The Labute approximate surface area is 90.1 Å². The van der Waals surface area contributed by atoms with Gasteiger partial charge in [0.2, 0.25) is 0 Å². The fraction of sp³-hybridized carbons (Fsp3) is 0.417. The molecule has 0 spiro atoms. The molecule has 1 aromatic rings. The van der Waals surface area contributed by atoms with Crippen LogP contribution in [0.5, 0.6) is 0 Å². The first-order valence-electron chi connectivity index (χ1n) is 4.67. The highest BCUT2D eigenvalue weighted by molar-refractivity contribution is 6.67. The van der Waals surface area contributed by atoms with Crippen molar-refractivity contribution in [3.63, 3.8) is 0 Å². The number of halogens is 1. The molecule has 0 saturated carbocycles. The van der Waals surface area contributed by atoms with E-state index in [4.69, 9.17) is 11.6 Å². The summed E-state index contributed by atoms with van der Waals surface area (Å²) in [5.74, 6) is 0. The predicted octanol–water partition coefficient (Wildman–Crippen LogP) is 3.65. The van der Waals surface area contributed by atoms with Gasteiger partial charge in [0.05, 0.1) is 0 Å². The Morgan fingerprint density at radius 1 is 1.21 bits per heavy atom. The van der Waals surface area contributed by atoms with Crippen LogP contribution < -0.4 is 0 Å². The van der Waals surface area contributed by atoms with E-state index in [0.29, 0.717) is 5.56 Å². The molecule has 0 fully saturated rings. The third-order valence-corrected chi connectivity index (χ3v) is 2.13. The van der Waals surface area contributed by atoms with Gasteiger partial charge in [-0.15, -0.1) is 0 Å². The maximum atomic E-state index is 10.8. The molecule has 0 atom stereocenters. The van der Waals surface area contributed by atoms with Gasteiger partial charge in [0.25, 0.3) is 5.24 Å². The van der Waals surface area contributed by atoms with Crippen molar-refractivity contribution < 1.29 is 4.79 Å². The summed E-state index contributed by atoms with van der Waals surface area (Å²) in [7, 11) is 0. The summed E-state index contributed by atoms with van der Waals surface area (Å²) in [6.45, 7) is 6.56. The summed E-state index contributed by atoms with van der Waals surface area (Å²) >= 11 is 5.35. The molecule has 0 aromatic heterocycles. The van der Waals surface area contributed by atoms with Crippen molar-refractivity contribution in [1.82, 2.24) is 0 Å². The van der Waals surface area contributed by atoms with E-state index < -0.39 is 5.24 Å². The third-order valence-electron chi connectivity index (χ3n) is 1.92. The van der Waals surface area contributed by atoms with E-state index in [2.05, 4.69) is 20.8 Å². The Morgan fingerprint density at radius 2 is 1.71 bits per heavy atom. The zero-order valence-corrected chi connectivity index (χ0v) is 9.56. The van der Waals surface area contributed by atoms with Crippen LogP contribution in [0, 0.1) is 5.41 Å². The molecule has 0 aliphatic rings. The fourth-order valence-electron chi connectivity index (χ4n) is 1.37. The number of hydrogen-bond donors (Lipinski definition) is 0. The van der Waals surface area contributed by atoms with E-state index in [9.17, 15) is 4.79 Å². The highest BCUT2D eigenvalue weighted by Gasteiger charge is 2.11. The third kappa shape index (κ3) is 3.51. The number of carbonyl (C=O) groups is 1. The molecule has 14 heavy (non-hydrogen) atoms. The summed E-state index contributed by atoms with van der Waals surface area (Å²) in [4.78, 5) is 10.8. The van der Waals surface area contributed by atoms with Gasteiger partial charge in [-0.25, -0.2) is 0 Å². The lowest BCUT2D eigenvalue weighted by atomic mass is 9.88. The highest BCUT2D eigenvalue weighted by atomic mass is 35.5. The molecule has 76 valence electrons. The molecule has 0 saturated heterocycles. The summed E-state index contributed by atoms with van der Waals surface area (Å²) in [5.41, 5.74) is 2.07. The Morgan fingerprint density at radius 3 is 2.07 bits per heavy atom. The molecular weight excluding hydrogens is 196 g/mol. The summed E-state index contributed by atoms with van der Waals surface area (Å²) in [5, 5.41) is -0.396. The van der Waals surface area contributed by atoms with E-state index in [0.717, 1.165) is 6.42 Å². The summed E-state index contributed by atoms with van der Waals surface area (Å²) < 4.78 is 0. The quantitative estimate of drug-likeness (QED) is 0.681. The predicted molar refractivity (Wildman–Crippen MR) is 59.8 cm³/mol. The van der Waals surface area contributed by atoms with Crippen molar-refractivity contribution in [3.05, 3.63) is 35.4 Å². The second-order valence-electron chi connectivity index (χ2n) is 4.71. The first-order valence-corrected chi connectivity index (χ1v) is 5.05. The SMILES string of the molecule is CC(C)(C)Cc1ccc(C(=O)Cl)cc1. The molecule has 0 radical (unpaired) electrons. The topological polar surface area (TPSA) is 17.1 Å². The molecule has 0 N–H and O–H groups in total. The Hall–Kier alpha value is -0.820. The molecule has 0 aliphatic carbocycles. The monoisotopic (exact) mass is 210 g/mol. The van der Waals surface area contributed by atoms with Crippen molar-refractivity contribution >= 4 is 16.8 Å². The van der Waals surface area contributed by atoms with Gasteiger partial charge in [-0.2, -0.15) is 0 Å². The highest BCUT2D eigenvalue weighted by Crippen LogP contribution is 2.20. The van der Waals surface area contributed by atoms with E-state index in [-0.39, 0.29) is 5.41 Å². The van der Waals surface area contributed by atoms with Gasteiger partial charge in [-0.1, -0.05) is 32.9 Å². The number of benzene rings is 1. The second-order valence-corrected chi connectivity index (χ2v) is 5.05. The van der Waals surface area contributed by atoms with Gasteiger partial charge in [0, 0.05) is 5.56 Å². The Balaban J connectivity index is 2.79. The average Bonchev–Trinajstić information content (AvgIpc) is 2.02. The standard InChI is InChI=1S/C12H15ClO/c1-12(2,3)8-9-4-6-10(7-5-9)11(13)14/h4-7H,8H2,1-3H3. The molecule has 1 aromatic carbocycles. The minimum Gasteiger partial charge on any atom is -0.276 e. The number of hydrogen-bond acceptors (Lipinski definition) is 1. The molecule has 1 nitrogen and oxygen atoms in total. The van der Waals surface area contributed by atoms with Gasteiger partial charge < -0.3 is 0 Å². The van der Waals surface area contributed by atoms with Crippen LogP contribution in [0.4, 0.5) is 0 Å². The smallest absolute Gasteiger partial charge is 0.252 e. The molecule has 0 unspecified atom stereocenters. The summed E-state index contributed by atoms with van der Waals surface area (Å²) in [6.07, 6.45) is 1.00. The first kappa shape index (κ1) is 11.3. The van der Waals surface area contributed by atoms with Gasteiger partial charge in [0.1, 0.15) is 0 Å². The molecular formula is C12H15ClO. The average molecular weight is 211 g/mol. The first-order chi connectivity index (χ1) is 6.38. The van der Waals surface area contributed by atoms with Crippen LogP contribution >= 0.6 is 11.6 Å². The van der Waals surface area contributed by atoms with Crippen LogP contribution in [0.25, 0.3) is 0 Å². The van der Waals surface area contributed by atoms with Gasteiger partial charge in [-0.05, 0) is 41.1 Å².